The van der Waals surface area contributed by atoms with E-state index in [4.69, 9.17) is 59.8 Å². The SMILES string of the molecule is C(=Cc1ccc(-c2ccc(-c3nc(-c4ccccc4)nc(-c4ccccc4)n3)cn2)cc1-c1cccc(-c2ccccc2)c1)c1cc(C=Cc2ccc(-c3ccc(-c4nc(-c5ccccc5)nc(-c5ccccc5)n4)cn3)cc2-c2cccc(-c3ccccc3)c2)cc(/C=C\c2ccc(-c3ccc(-c4nc(-c5ccccc5)nc(-c5ccccc5)n4)cn3)cc2-c2cccc(-c3ccccc3)c2)c1. The predicted octanol–water partition coefficient (Wildman–Crippen LogP) is 30.9. The Balaban J connectivity index is 0.659. The van der Waals surface area contributed by atoms with E-state index in [9.17, 15) is 0 Å². The van der Waals surface area contributed by atoms with Gasteiger partial charge in [0, 0.05) is 85.4 Å². The molecule has 0 spiro atoms. The minimum absolute atomic E-state index is 0.532. The van der Waals surface area contributed by atoms with Crippen LogP contribution in [0.1, 0.15) is 33.4 Å². The Labute approximate surface area is 800 Å². The van der Waals surface area contributed by atoms with Crippen LogP contribution in [0.5, 0.6) is 0 Å². The summed E-state index contributed by atoms with van der Waals surface area (Å²) in [5.74, 6) is 5.10. The first kappa shape index (κ1) is 84.7. The zero-order valence-electron chi connectivity index (χ0n) is 74.9. The van der Waals surface area contributed by atoms with Crippen LogP contribution in [0.4, 0.5) is 0 Å². The number of hydrogen-bond donors (Lipinski definition) is 0. The molecule has 16 aromatic carbocycles. The van der Waals surface area contributed by atoms with Gasteiger partial charge in [-0.15, -0.1) is 0 Å². The Kier molecular flexibility index (Phi) is 24.2. The average Bonchev–Trinajstić information content (AvgIpc) is 0.797. The van der Waals surface area contributed by atoms with E-state index in [2.05, 4.69) is 309 Å². The molecule has 0 fully saturated rings. The van der Waals surface area contributed by atoms with Crippen LogP contribution in [-0.2, 0) is 0 Å². The molecule has 22 rings (SSSR count). The van der Waals surface area contributed by atoms with Crippen LogP contribution in [0.3, 0.4) is 0 Å². The maximum atomic E-state index is 5.18. The lowest BCUT2D eigenvalue weighted by Crippen LogP contribution is -2.00. The number of pyridine rings is 3. The fraction of sp³-hybridized carbons (Fsp3) is 0. The Morgan fingerprint density at radius 3 is 0.522 bits per heavy atom. The van der Waals surface area contributed by atoms with Gasteiger partial charge in [0.1, 0.15) is 0 Å². The Morgan fingerprint density at radius 2 is 0.312 bits per heavy atom. The molecule has 0 aliphatic carbocycles. The zero-order valence-corrected chi connectivity index (χ0v) is 74.9. The molecule has 0 saturated carbocycles. The molecule has 12 nitrogen and oxygen atoms in total. The number of nitrogens with zero attached hydrogens (tertiary/aromatic N) is 12. The van der Waals surface area contributed by atoms with Gasteiger partial charge >= 0.3 is 0 Å². The summed E-state index contributed by atoms with van der Waals surface area (Å²) >= 11 is 0. The van der Waals surface area contributed by atoms with Crippen molar-refractivity contribution in [2.24, 2.45) is 0 Å². The Morgan fingerprint density at radius 1 is 0.123 bits per heavy atom. The fourth-order valence-electron chi connectivity index (χ4n) is 17.3. The zero-order chi connectivity index (χ0) is 92.1. The molecular formula is C126H84N12. The van der Waals surface area contributed by atoms with Crippen molar-refractivity contribution in [3.05, 3.63) is 507 Å². The van der Waals surface area contributed by atoms with Crippen molar-refractivity contribution in [1.82, 2.24) is 59.8 Å². The highest BCUT2D eigenvalue weighted by molar-refractivity contribution is 5.92. The normalized spacial score (nSPS) is 11.4. The van der Waals surface area contributed by atoms with E-state index in [1.807, 2.05) is 201 Å². The summed E-state index contributed by atoms with van der Waals surface area (Å²) in [6.45, 7) is 0. The van der Waals surface area contributed by atoms with E-state index in [0.29, 0.717) is 52.4 Å². The number of aromatic nitrogens is 12. The van der Waals surface area contributed by atoms with Crippen molar-refractivity contribution in [3.8, 4) is 203 Å². The highest BCUT2D eigenvalue weighted by atomic mass is 15.1. The van der Waals surface area contributed by atoms with Crippen molar-refractivity contribution in [2.75, 3.05) is 0 Å². The van der Waals surface area contributed by atoms with Gasteiger partial charge in [0.05, 0.1) is 17.1 Å². The first-order chi connectivity index (χ1) is 68.3. The lowest BCUT2D eigenvalue weighted by Gasteiger charge is -2.13. The molecule has 0 saturated heterocycles. The van der Waals surface area contributed by atoms with Crippen LogP contribution >= 0.6 is 0 Å². The van der Waals surface area contributed by atoms with Crippen LogP contribution in [0.15, 0.2) is 474 Å². The smallest absolute Gasteiger partial charge is 0.165 e. The Bertz CT molecular complexity index is 7260. The third kappa shape index (κ3) is 19.2. The first-order valence-corrected chi connectivity index (χ1v) is 45.9. The summed E-state index contributed by atoms with van der Waals surface area (Å²) in [5, 5.41) is 0. The predicted molar refractivity (Wildman–Crippen MR) is 564 cm³/mol. The molecular weight excluding hydrogens is 1680 g/mol. The van der Waals surface area contributed by atoms with Crippen molar-refractivity contribution in [3.63, 3.8) is 0 Å². The van der Waals surface area contributed by atoms with Gasteiger partial charge < -0.3 is 0 Å². The third-order valence-corrected chi connectivity index (χ3v) is 24.4. The van der Waals surface area contributed by atoms with E-state index in [1.54, 1.807) is 0 Å². The standard InChI is InChI=1S/C126H84N12/c1-10-31-88(32-11-1)100-49-28-52-103(76-100)112-79-106(115-70-67-109(82-127-115)124-133-118(94-37-16-4-17-38-94)130-119(134-124)95-39-18-5-19-40-95)64-61-91(112)58-55-85-73-86(56-59-92-62-65-107(80-113(92)104-53-29-50-101(77-104)89-33-12-2-13-34-89)116-71-68-110(83-128-116)125-135-120(96-41-20-6-21-42-96)131-121(136-125)97-43-22-7-23-44-97)75-87(74-85)57-60-93-63-66-108(81-114(93)105-54-30-51-102(78-105)90-35-14-3-15-36-90)117-72-69-111(84-129-117)126-137-122(98-45-24-8-25-46-98)132-123(138-126)99-47-26-9-27-48-99/h1-84H/b58-55-,59-56?,60-57?. The van der Waals surface area contributed by atoms with E-state index < -0.39 is 0 Å². The quantitative estimate of drug-likeness (QED) is 0.0529. The monoisotopic (exact) mass is 1760 g/mol. The molecule has 0 aliphatic heterocycles. The molecule has 0 unspecified atom stereocenters. The molecule has 12 heteroatoms. The third-order valence-electron chi connectivity index (χ3n) is 24.4. The summed E-state index contributed by atoms with van der Waals surface area (Å²) in [7, 11) is 0. The van der Waals surface area contributed by atoms with Gasteiger partial charge in [0.2, 0.25) is 0 Å². The highest BCUT2D eigenvalue weighted by Crippen LogP contribution is 2.41. The van der Waals surface area contributed by atoms with Crippen molar-refractivity contribution < 1.29 is 0 Å². The van der Waals surface area contributed by atoms with E-state index >= 15 is 0 Å². The van der Waals surface area contributed by atoms with Crippen LogP contribution in [0.2, 0.25) is 0 Å². The van der Waals surface area contributed by atoms with Gasteiger partial charge in [0.15, 0.2) is 52.4 Å². The second kappa shape index (κ2) is 39.3. The van der Waals surface area contributed by atoms with Gasteiger partial charge in [-0.25, -0.2) is 44.9 Å². The molecule has 6 aromatic heterocycles. The molecule has 0 radical (unpaired) electrons. The summed E-state index contributed by atoms with van der Waals surface area (Å²) in [4.78, 5) is 60.7. The molecule has 22 aromatic rings. The van der Waals surface area contributed by atoms with E-state index in [-0.39, 0.29) is 0 Å². The van der Waals surface area contributed by atoms with Crippen molar-refractivity contribution in [2.45, 2.75) is 0 Å². The van der Waals surface area contributed by atoms with Crippen LogP contribution in [0, 0.1) is 0 Å². The van der Waals surface area contributed by atoms with Crippen LogP contribution < -0.4 is 0 Å². The molecule has 0 atom stereocenters. The maximum Gasteiger partial charge on any atom is 0.165 e. The summed E-state index contributed by atoms with van der Waals surface area (Å²) < 4.78 is 0. The van der Waals surface area contributed by atoms with Gasteiger partial charge in [-0.05, 0) is 191 Å². The lowest BCUT2D eigenvalue weighted by molar-refractivity contribution is 1.07. The van der Waals surface area contributed by atoms with Gasteiger partial charge in [-0.3, -0.25) is 15.0 Å². The van der Waals surface area contributed by atoms with Gasteiger partial charge in [-0.2, -0.15) is 0 Å². The minimum Gasteiger partial charge on any atom is -0.255 e. The number of benzene rings is 16. The first-order valence-electron chi connectivity index (χ1n) is 45.9. The Hall–Kier alpha value is -18.8. The second-order valence-corrected chi connectivity index (χ2v) is 33.6. The van der Waals surface area contributed by atoms with Crippen LogP contribution in [0.25, 0.3) is 239 Å². The van der Waals surface area contributed by atoms with Gasteiger partial charge in [-0.1, -0.05) is 400 Å². The van der Waals surface area contributed by atoms with E-state index in [1.165, 1.54) is 0 Å². The molecule has 0 bridgehead atoms. The molecule has 6 heterocycles. The molecule has 0 N–H and O–H groups in total. The fourth-order valence-corrected chi connectivity index (χ4v) is 17.3. The summed E-state index contributed by atoms with van der Waals surface area (Å²) in [5.41, 5.74) is 31.9. The number of hydrogen-bond acceptors (Lipinski definition) is 12. The van der Waals surface area contributed by atoms with Crippen molar-refractivity contribution >= 4 is 36.5 Å². The molecule has 648 valence electrons. The molecule has 0 aliphatic rings. The largest absolute Gasteiger partial charge is 0.255 e. The topological polar surface area (TPSA) is 155 Å². The second-order valence-electron chi connectivity index (χ2n) is 33.6. The molecule has 138 heavy (non-hydrogen) atoms. The summed E-state index contributed by atoms with van der Waals surface area (Å²) in [6.07, 6.45) is 19.0. The molecule has 0 amide bonds. The number of rotatable bonds is 24. The minimum atomic E-state index is 0.532. The van der Waals surface area contributed by atoms with Gasteiger partial charge in [0.25, 0.3) is 0 Å². The summed E-state index contributed by atoms with van der Waals surface area (Å²) in [6, 6.07) is 157. The van der Waals surface area contributed by atoms with Crippen molar-refractivity contribution in [1.29, 1.82) is 0 Å². The average molecular weight is 1770 g/mol. The maximum absolute atomic E-state index is 5.18. The van der Waals surface area contributed by atoms with Crippen LogP contribution in [-0.4, -0.2) is 59.8 Å². The van der Waals surface area contributed by atoms with E-state index in [0.717, 1.165) is 184 Å². The lowest BCUT2D eigenvalue weighted by atomic mass is 9.92. The highest BCUT2D eigenvalue weighted by Gasteiger charge is 2.21.